The van der Waals surface area contributed by atoms with E-state index in [9.17, 15) is 4.79 Å². The minimum absolute atomic E-state index is 0.168. The van der Waals surface area contributed by atoms with E-state index in [1.807, 2.05) is 53.2 Å². The van der Waals surface area contributed by atoms with Crippen LogP contribution in [0.25, 0.3) is 10.9 Å². The lowest BCUT2D eigenvalue weighted by Crippen LogP contribution is -2.38. The predicted octanol–water partition coefficient (Wildman–Crippen LogP) is 5.11. The van der Waals surface area contributed by atoms with Crippen molar-refractivity contribution in [1.29, 1.82) is 0 Å². The zero-order valence-corrected chi connectivity index (χ0v) is 22.8. The molecule has 0 bridgehead atoms. The number of methoxy groups -OCH3 is 1. The van der Waals surface area contributed by atoms with Gasteiger partial charge in [-0.3, -0.25) is 9.69 Å². The van der Waals surface area contributed by atoms with Crippen LogP contribution in [0.1, 0.15) is 49.3 Å². The molecule has 0 amide bonds. The van der Waals surface area contributed by atoms with Crippen molar-refractivity contribution in [3.8, 4) is 5.75 Å². The molecule has 2 aromatic heterocycles. The van der Waals surface area contributed by atoms with Gasteiger partial charge in [0.1, 0.15) is 11.8 Å². The number of tetrazole rings is 1. The predicted molar refractivity (Wildman–Crippen MR) is 153 cm³/mol. The van der Waals surface area contributed by atoms with Gasteiger partial charge in [-0.15, -0.1) is 5.10 Å². The Morgan fingerprint density at radius 1 is 0.949 bits per heavy atom. The van der Waals surface area contributed by atoms with E-state index in [2.05, 4.69) is 82.6 Å². The molecule has 0 spiro atoms. The molecule has 0 saturated heterocycles. The maximum Gasteiger partial charge on any atom is 0.253 e. The van der Waals surface area contributed by atoms with Gasteiger partial charge in [-0.1, -0.05) is 60.7 Å². The van der Waals surface area contributed by atoms with E-state index in [-0.39, 0.29) is 11.1 Å². The molecule has 0 fully saturated rings. The molecular weight excluding hydrogens is 488 g/mol. The lowest BCUT2D eigenvalue weighted by atomic mass is 10.00. The Bertz CT molecular complexity index is 1590. The summed E-state index contributed by atoms with van der Waals surface area (Å²) in [6.07, 6.45) is 0.806. The number of hydrogen-bond donors (Lipinski definition) is 1. The van der Waals surface area contributed by atoms with Crippen molar-refractivity contribution in [3.63, 3.8) is 0 Å². The van der Waals surface area contributed by atoms with E-state index in [1.165, 1.54) is 5.56 Å². The third-order valence-corrected chi connectivity index (χ3v) is 6.87. The Labute approximate surface area is 228 Å². The molecule has 5 aromatic rings. The maximum atomic E-state index is 13.7. The van der Waals surface area contributed by atoms with E-state index in [1.54, 1.807) is 7.11 Å². The van der Waals surface area contributed by atoms with Gasteiger partial charge in [0, 0.05) is 29.6 Å². The summed E-state index contributed by atoms with van der Waals surface area (Å²) in [5.74, 6) is 1.35. The zero-order valence-electron chi connectivity index (χ0n) is 22.8. The number of nitrogens with one attached hydrogen (secondary N) is 1. The third kappa shape index (κ3) is 5.91. The molecule has 2 heterocycles. The first kappa shape index (κ1) is 26.3. The standard InChI is InChI=1S/C31H34N6O2/c1-31(2,3)37-29(33-34-35-37)28(26-20-24-19-25(39-4)15-16-27(24)32-30(26)38)36(21-23-13-9-6-10-14-23)18-17-22-11-7-5-8-12-22/h5-16,19-20,28H,17-18,21H2,1-4H3,(H,32,38)/t28-/m1/s1. The van der Waals surface area contributed by atoms with Crippen LogP contribution in [0.3, 0.4) is 0 Å². The minimum atomic E-state index is -0.498. The second-order valence-electron chi connectivity index (χ2n) is 10.7. The van der Waals surface area contributed by atoms with Crippen LogP contribution in [0.2, 0.25) is 0 Å². The highest BCUT2D eigenvalue weighted by molar-refractivity contribution is 5.80. The van der Waals surface area contributed by atoms with Gasteiger partial charge in [0.25, 0.3) is 5.56 Å². The summed E-state index contributed by atoms with van der Waals surface area (Å²) in [7, 11) is 1.64. The number of H-pyrrole nitrogens is 1. The fourth-order valence-corrected chi connectivity index (χ4v) is 4.91. The monoisotopic (exact) mass is 522 g/mol. The Balaban J connectivity index is 1.68. The van der Waals surface area contributed by atoms with Gasteiger partial charge in [0.2, 0.25) is 0 Å². The van der Waals surface area contributed by atoms with Crippen LogP contribution in [-0.4, -0.2) is 43.7 Å². The van der Waals surface area contributed by atoms with Crippen LogP contribution < -0.4 is 10.3 Å². The fraction of sp³-hybridized carbons (Fsp3) is 0.290. The molecule has 1 atom stereocenters. The SMILES string of the molecule is COc1ccc2[nH]c(=O)c([C@H](c3nnnn3C(C)(C)C)N(CCc3ccccc3)Cc3ccccc3)cc2c1. The van der Waals surface area contributed by atoms with Gasteiger partial charge in [-0.05, 0) is 73.0 Å². The lowest BCUT2D eigenvalue weighted by molar-refractivity contribution is 0.195. The van der Waals surface area contributed by atoms with Crippen LogP contribution in [0.15, 0.2) is 89.7 Å². The van der Waals surface area contributed by atoms with Crippen molar-refractivity contribution in [1.82, 2.24) is 30.1 Å². The second-order valence-corrected chi connectivity index (χ2v) is 10.7. The summed E-state index contributed by atoms with van der Waals surface area (Å²) in [5.41, 5.74) is 3.14. The first-order chi connectivity index (χ1) is 18.8. The number of fused-ring (bicyclic) bond motifs is 1. The van der Waals surface area contributed by atoms with Gasteiger partial charge in [0.15, 0.2) is 5.82 Å². The van der Waals surface area contributed by atoms with Crippen molar-refractivity contribution >= 4 is 10.9 Å². The normalized spacial score (nSPS) is 12.6. The largest absolute Gasteiger partial charge is 0.497 e. The Morgan fingerprint density at radius 3 is 2.31 bits per heavy atom. The zero-order chi connectivity index (χ0) is 27.4. The Kier molecular flexibility index (Phi) is 7.56. The van der Waals surface area contributed by atoms with Gasteiger partial charge >= 0.3 is 0 Å². The van der Waals surface area contributed by atoms with E-state index in [0.29, 0.717) is 24.5 Å². The van der Waals surface area contributed by atoms with Crippen LogP contribution in [0.5, 0.6) is 5.75 Å². The van der Waals surface area contributed by atoms with Crippen molar-refractivity contribution in [2.45, 2.75) is 45.3 Å². The summed E-state index contributed by atoms with van der Waals surface area (Å²) in [5, 5.41) is 13.8. The van der Waals surface area contributed by atoms with Gasteiger partial charge in [-0.25, -0.2) is 4.68 Å². The van der Waals surface area contributed by atoms with Gasteiger partial charge < -0.3 is 9.72 Å². The summed E-state index contributed by atoms with van der Waals surface area (Å²) >= 11 is 0. The summed E-state index contributed by atoms with van der Waals surface area (Å²) in [4.78, 5) is 19.1. The summed E-state index contributed by atoms with van der Waals surface area (Å²) in [6, 6.07) is 27.8. The molecule has 200 valence electrons. The Hall–Kier alpha value is -4.30. The van der Waals surface area contributed by atoms with Crippen LogP contribution in [0.4, 0.5) is 0 Å². The average Bonchev–Trinajstić information content (AvgIpc) is 3.43. The number of ether oxygens (including phenoxy) is 1. The molecule has 0 aliphatic heterocycles. The molecule has 39 heavy (non-hydrogen) atoms. The summed E-state index contributed by atoms with van der Waals surface area (Å²) in [6.45, 7) is 7.49. The first-order valence-electron chi connectivity index (χ1n) is 13.1. The summed E-state index contributed by atoms with van der Waals surface area (Å²) < 4.78 is 7.29. The first-order valence-corrected chi connectivity index (χ1v) is 13.1. The number of benzene rings is 3. The highest BCUT2D eigenvalue weighted by Gasteiger charge is 2.33. The third-order valence-electron chi connectivity index (χ3n) is 6.87. The molecule has 0 aliphatic rings. The number of pyridine rings is 1. The molecule has 1 N–H and O–H groups in total. The molecule has 0 radical (unpaired) electrons. The molecule has 3 aromatic carbocycles. The van der Waals surface area contributed by atoms with Crippen molar-refractivity contribution < 1.29 is 4.74 Å². The molecule has 8 heteroatoms. The fourth-order valence-electron chi connectivity index (χ4n) is 4.91. The molecular formula is C31H34N6O2. The molecule has 0 aliphatic carbocycles. The van der Waals surface area contributed by atoms with Crippen molar-refractivity contribution in [3.05, 3.63) is 118 Å². The highest BCUT2D eigenvalue weighted by Crippen LogP contribution is 2.31. The van der Waals surface area contributed by atoms with Crippen LogP contribution in [-0.2, 0) is 18.5 Å². The van der Waals surface area contributed by atoms with Gasteiger partial charge in [0.05, 0.1) is 12.6 Å². The van der Waals surface area contributed by atoms with Crippen LogP contribution in [0, 0.1) is 0 Å². The quantitative estimate of drug-likeness (QED) is 0.289. The van der Waals surface area contributed by atoms with E-state index in [4.69, 9.17) is 4.74 Å². The molecule has 0 unspecified atom stereocenters. The maximum absolute atomic E-state index is 13.7. The smallest absolute Gasteiger partial charge is 0.253 e. The van der Waals surface area contributed by atoms with Gasteiger partial charge in [-0.2, -0.15) is 0 Å². The average molecular weight is 523 g/mol. The number of aromatic nitrogens is 5. The van der Waals surface area contributed by atoms with E-state index < -0.39 is 6.04 Å². The lowest BCUT2D eigenvalue weighted by Gasteiger charge is -2.33. The number of aromatic amines is 1. The second kappa shape index (κ2) is 11.2. The molecule has 0 saturated carbocycles. The number of nitrogens with zero attached hydrogens (tertiary/aromatic N) is 5. The topological polar surface area (TPSA) is 88.9 Å². The van der Waals surface area contributed by atoms with Crippen molar-refractivity contribution in [2.75, 3.05) is 13.7 Å². The van der Waals surface area contributed by atoms with E-state index in [0.717, 1.165) is 28.6 Å². The highest BCUT2D eigenvalue weighted by atomic mass is 16.5. The minimum Gasteiger partial charge on any atom is -0.497 e. The number of hydrogen-bond acceptors (Lipinski definition) is 6. The Morgan fingerprint density at radius 2 is 1.64 bits per heavy atom. The number of rotatable bonds is 9. The van der Waals surface area contributed by atoms with E-state index >= 15 is 0 Å². The molecule has 5 rings (SSSR count). The van der Waals surface area contributed by atoms with Crippen molar-refractivity contribution in [2.24, 2.45) is 0 Å². The van der Waals surface area contributed by atoms with Crippen LogP contribution >= 0.6 is 0 Å². The molecule has 8 nitrogen and oxygen atoms in total.